The lowest BCUT2D eigenvalue weighted by Gasteiger charge is -2.30. The largest absolute Gasteiger partial charge is 0.810 e. The molecule has 0 radical (unpaired) electrons. The lowest BCUT2D eigenvalue weighted by atomic mass is 9.87. The van der Waals surface area contributed by atoms with Crippen molar-refractivity contribution >= 4 is 8.60 Å². The van der Waals surface area contributed by atoms with E-state index in [0.717, 1.165) is 5.56 Å². The Morgan fingerprint density at radius 3 is 2.36 bits per heavy atom. The topological polar surface area (TPSA) is 55.3 Å². The highest BCUT2D eigenvalue weighted by molar-refractivity contribution is 7.36. The number of rotatable bonds is 2. The second-order valence-corrected chi connectivity index (χ2v) is 4.72. The van der Waals surface area contributed by atoms with Crippen molar-refractivity contribution in [2.75, 3.05) is 0 Å². The van der Waals surface area contributed by atoms with Gasteiger partial charge >= 0.3 is 0 Å². The van der Waals surface area contributed by atoms with E-state index in [1.165, 1.54) is 0 Å². The van der Waals surface area contributed by atoms with E-state index < -0.39 is 8.60 Å². The molecule has 3 nitrogen and oxygen atoms in total. The van der Waals surface area contributed by atoms with Crippen LogP contribution in [0.2, 0.25) is 0 Å². The average molecular weight is 212 g/mol. The van der Waals surface area contributed by atoms with Crippen molar-refractivity contribution in [2.24, 2.45) is 0 Å². The normalized spacial score (nSPS) is 11.9. The Labute approximate surface area is 85.4 Å². The summed E-state index contributed by atoms with van der Waals surface area (Å²) < 4.78 is 4.60. The van der Waals surface area contributed by atoms with E-state index in [1.807, 2.05) is 6.07 Å². The smallest absolute Gasteiger partial charge is 0.119 e. The van der Waals surface area contributed by atoms with E-state index in [-0.39, 0.29) is 5.41 Å². The van der Waals surface area contributed by atoms with Crippen LogP contribution in [0.1, 0.15) is 26.3 Å². The summed E-state index contributed by atoms with van der Waals surface area (Å²) in [4.78, 5) is 20.7. The van der Waals surface area contributed by atoms with Gasteiger partial charge in [0.25, 0.3) is 0 Å². The molecule has 1 aromatic carbocycles. The van der Waals surface area contributed by atoms with Crippen LogP contribution in [-0.2, 0) is 5.41 Å². The minimum Gasteiger partial charge on any atom is -0.810 e. The molecule has 0 N–H and O–H groups in total. The van der Waals surface area contributed by atoms with Crippen LogP contribution in [0.3, 0.4) is 0 Å². The van der Waals surface area contributed by atoms with Crippen molar-refractivity contribution in [3.63, 3.8) is 0 Å². The maximum Gasteiger partial charge on any atom is 0.119 e. The van der Waals surface area contributed by atoms with Crippen molar-refractivity contribution in [1.82, 2.24) is 0 Å². The summed E-state index contributed by atoms with van der Waals surface area (Å²) in [5.41, 5.74) is 1.04. The maximum atomic E-state index is 10.3. The van der Waals surface area contributed by atoms with Crippen molar-refractivity contribution in [3.05, 3.63) is 29.8 Å². The van der Waals surface area contributed by atoms with Gasteiger partial charge in [-0.25, -0.2) is 0 Å². The van der Waals surface area contributed by atoms with Crippen LogP contribution < -0.4 is 14.3 Å². The molecule has 1 aromatic rings. The Morgan fingerprint density at radius 1 is 1.21 bits per heavy atom. The third-order valence-corrected chi connectivity index (χ3v) is 2.24. The van der Waals surface area contributed by atoms with Gasteiger partial charge < -0.3 is 14.3 Å². The molecule has 0 amide bonds. The summed E-state index contributed by atoms with van der Waals surface area (Å²) in [6, 6.07) is 7.10. The van der Waals surface area contributed by atoms with Gasteiger partial charge in [0.05, 0.1) is 0 Å². The Balaban J connectivity index is 2.90. The average Bonchev–Trinajstić information content (AvgIpc) is 2.01. The Kier molecular flexibility index (Phi) is 3.48. The molecule has 0 aliphatic heterocycles. The molecule has 0 aliphatic rings. The first-order valence-electron chi connectivity index (χ1n) is 4.32. The third-order valence-electron chi connectivity index (χ3n) is 1.88. The van der Waals surface area contributed by atoms with Crippen LogP contribution in [0, 0.1) is 0 Å². The van der Waals surface area contributed by atoms with Gasteiger partial charge in [0.2, 0.25) is 0 Å². The fourth-order valence-electron chi connectivity index (χ4n) is 1.11. The zero-order valence-corrected chi connectivity index (χ0v) is 9.38. The zero-order valence-electron chi connectivity index (χ0n) is 8.48. The summed E-state index contributed by atoms with van der Waals surface area (Å²) in [6.07, 6.45) is 0. The number of hydrogen-bond acceptors (Lipinski definition) is 3. The Hall–Kier alpha value is -0.630. The molecule has 0 unspecified atom stereocenters. The fraction of sp³-hybridized carbons (Fsp3) is 0.400. The van der Waals surface area contributed by atoms with Crippen LogP contribution in [0.15, 0.2) is 24.3 Å². The molecular formula is C10H13O3P-2. The first kappa shape index (κ1) is 11.4. The van der Waals surface area contributed by atoms with Crippen LogP contribution in [0.5, 0.6) is 5.75 Å². The van der Waals surface area contributed by atoms with Crippen molar-refractivity contribution in [1.29, 1.82) is 0 Å². The van der Waals surface area contributed by atoms with Gasteiger partial charge in [0.15, 0.2) is 0 Å². The lowest BCUT2D eigenvalue weighted by Crippen LogP contribution is -2.14. The first-order valence-corrected chi connectivity index (χ1v) is 5.42. The summed E-state index contributed by atoms with van der Waals surface area (Å²) in [7, 11) is -2.82. The van der Waals surface area contributed by atoms with Crippen LogP contribution in [-0.4, -0.2) is 0 Å². The van der Waals surface area contributed by atoms with Crippen LogP contribution in [0.4, 0.5) is 0 Å². The quantitative estimate of drug-likeness (QED) is 0.694. The van der Waals surface area contributed by atoms with Crippen molar-refractivity contribution < 1.29 is 14.3 Å². The van der Waals surface area contributed by atoms with E-state index in [9.17, 15) is 9.79 Å². The second-order valence-electron chi connectivity index (χ2n) is 4.09. The number of hydrogen-bond donors (Lipinski definition) is 0. The Morgan fingerprint density at radius 2 is 1.86 bits per heavy atom. The lowest BCUT2D eigenvalue weighted by molar-refractivity contribution is -0.310. The van der Waals surface area contributed by atoms with E-state index >= 15 is 0 Å². The predicted molar refractivity (Wildman–Crippen MR) is 52.7 cm³/mol. The van der Waals surface area contributed by atoms with Crippen LogP contribution >= 0.6 is 8.60 Å². The van der Waals surface area contributed by atoms with E-state index in [4.69, 9.17) is 0 Å². The van der Waals surface area contributed by atoms with Gasteiger partial charge in [-0.1, -0.05) is 41.5 Å². The summed E-state index contributed by atoms with van der Waals surface area (Å²) in [5.74, 6) is 0.369. The van der Waals surface area contributed by atoms with Crippen LogP contribution in [0.25, 0.3) is 0 Å². The fourth-order valence-corrected chi connectivity index (χ4v) is 1.39. The molecule has 0 atom stereocenters. The van der Waals surface area contributed by atoms with E-state index in [0.29, 0.717) is 5.75 Å². The minimum absolute atomic E-state index is 0.00606. The Bertz CT molecular complexity index is 304. The van der Waals surface area contributed by atoms with Crippen molar-refractivity contribution in [3.8, 4) is 5.75 Å². The molecule has 4 heteroatoms. The molecule has 0 heterocycles. The molecule has 0 saturated heterocycles. The molecule has 0 aliphatic carbocycles. The highest BCUT2D eigenvalue weighted by Crippen LogP contribution is 2.28. The molecular weight excluding hydrogens is 199 g/mol. The standard InChI is InChI=1S/C10H13O3P/c1-10(2,3)8-5-4-6-9(7-8)13-14(11)12/h4-7H,1-3H3/q-2. The molecule has 0 saturated carbocycles. The predicted octanol–water partition coefficient (Wildman–Crippen LogP) is 1.31. The second kappa shape index (κ2) is 4.26. The molecule has 0 aromatic heterocycles. The molecule has 14 heavy (non-hydrogen) atoms. The molecule has 0 bridgehead atoms. The van der Waals surface area contributed by atoms with Gasteiger partial charge in [-0.05, 0) is 23.1 Å². The van der Waals surface area contributed by atoms with Gasteiger partial charge in [-0.2, -0.15) is 0 Å². The van der Waals surface area contributed by atoms with Gasteiger partial charge in [-0.15, -0.1) is 0 Å². The maximum absolute atomic E-state index is 10.3. The summed E-state index contributed by atoms with van der Waals surface area (Å²) in [5, 5.41) is 0. The van der Waals surface area contributed by atoms with Gasteiger partial charge in [0.1, 0.15) is 5.75 Å². The first-order chi connectivity index (χ1) is 6.39. The van der Waals surface area contributed by atoms with Gasteiger partial charge in [0, 0.05) is 0 Å². The van der Waals surface area contributed by atoms with E-state index in [2.05, 4.69) is 25.3 Å². The molecule has 1 rings (SSSR count). The molecule has 78 valence electrons. The number of benzene rings is 1. The van der Waals surface area contributed by atoms with Gasteiger partial charge in [-0.3, -0.25) is 0 Å². The molecule has 0 spiro atoms. The highest BCUT2D eigenvalue weighted by atomic mass is 31.2. The monoisotopic (exact) mass is 212 g/mol. The molecule has 0 fully saturated rings. The third kappa shape index (κ3) is 3.26. The zero-order chi connectivity index (χ0) is 10.8. The highest BCUT2D eigenvalue weighted by Gasteiger charge is 2.13. The SMILES string of the molecule is CC(C)(C)c1cccc(OP([O-])[O-])c1. The van der Waals surface area contributed by atoms with E-state index in [1.54, 1.807) is 18.2 Å². The van der Waals surface area contributed by atoms with Crippen molar-refractivity contribution in [2.45, 2.75) is 26.2 Å². The minimum atomic E-state index is -2.82. The summed E-state index contributed by atoms with van der Waals surface area (Å²) >= 11 is 0. The summed E-state index contributed by atoms with van der Waals surface area (Å²) in [6.45, 7) is 6.18.